The normalized spacial score (nSPS) is 24.7. The maximum absolute atomic E-state index is 14.5. The summed E-state index contributed by atoms with van der Waals surface area (Å²) in [6.45, 7) is 1.60. The van der Waals surface area contributed by atoms with E-state index in [4.69, 9.17) is 16.3 Å². The molecule has 0 bridgehead atoms. The van der Waals surface area contributed by atoms with Gasteiger partial charge in [0.15, 0.2) is 6.17 Å². The summed E-state index contributed by atoms with van der Waals surface area (Å²) >= 11 is 6.00. The van der Waals surface area contributed by atoms with Gasteiger partial charge < -0.3 is 4.74 Å². The SMILES string of the molecule is CCOC(=O)CN=C1C=C(N2C(=O)C3=C(CCCC3)C2=O)C(F)C=C1Cl. The highest BCUT2D eigenvalue weighted by Crippen LogP contribution is 2.37. The second-order valence-electron chi connectivity index (χ2n) is 6.10. The number of carbonyl (C=O) groups is 3. The average Bonchev–Trinajstić information content (AvgIpc) is 2.86. The zero-order chi connectivity index (χ0) is 18.8. The lowest BCUT2D eigenvalue weighted by atomic mass is 9.93. The van der Waals surface area contributed by atoms with E-state index in [1.165, 1.54) is 6.08 Å². The number of rotatable bonds is 4. The Kier molecular flexibility index (Phi) is 5.36. The van der Waals surface area contributed by atoms with Gasteiger partial charge >= 0.3 is 5.97 Å². The van der Waals surface area contributed by atoms with Crippen LogP contribution < -0.4 is 0 Å². The smallest absolute Gasteiger partial charge is 0.327 e. The molecule has 1 unspecified atom stereocenters. The summed E-state index contributed by atoms with van der Waals surface area (Å²) in [7, 11) is 0. The van der Waals surface area contributed by atoms with E-state index in [0.29, 0.717) is 24.0 Å². The number of hydrogen-bond donors (Lipinski definition) is 0. The fourth-order valence-electron chi connectivity index (χ4n) is 3.23. The first-order chi connectivity index (χ1) is 12.4. The number of alkyl halides is 1. The predicted molar refractivity (Wildman–Crippen MR) is 93.2 cm³/mol. The quantitative estimate of drug-likeness (QED) is 0.555. The van der Waals surface area contributed by atoms with Crippen molar-refractivity contribution in [3.05, 3.63) is 34.0 Å². The number of nitrogens with zero attached hydrogens (tertiary/aromatic N) is 2. The van der Waals surface area contributed by atoms with Crippen LogP contribution in [0.25, 0.3) is 0 Å². The van der Waals surface area contributed by atoms with Crippen LogP contribution in [0.15, 0.2) is 39.0 Å². The van der Waals surface area contributed by atoms with Crippen molar-refractivity contribution in [1.29, 1.82) is 0 Å². The van der Waals surface area contributed by atoms with E-state index in [0.717, 1.165) is 23.8 Å². The summed E-state index contributed by atoms with van der Waals surface area (Å²) in [5.41, 5.74) is 0.954. The van der Waals surface area contributed by atoms with Crippen LogP contribution in [0.5, 0.6) is 0 Å². The molecule has 138 valence electrons. The number of esters is 1. The fraction of sp³-hybridized carbons (Fsp3) is 0.444. The Hall–Kier alpha value is -2.28. The summed E-state index contributed by atoms with van der Waals surface area (Å²) in [5, 5.41) is 0.0161. The zero-order valence-corrected chi connectivity index (χ0v) is 15.0. The van der Waals surface area contributed by atoms with Crippen molar-refractivity contribution in [3.8, 4) is 0 Å². The third-order valence-electron chi connectivity index (χ3n) is 4.44. The van der Waals surface area contributed by atoms with Crippen LogP contribution in [0, 0.1) is 0 Å². The molecule has 0 radical (unpaired) electrons. The lowest BCUT2D eigenvalue weighted by Crippen LogP contribution is -2.36. The molecular formula is C18H18ClFN2O4. The summed E-state index contributed by atoms with van der Waals surface area (Å²) < 4.78 is 19.3. The highest BCUT2D eigenvalue weighted by molar-refractivity contribution is 6.46. The Morgan fingerprint density at radius 3 is 2.50 bits per heavy atom. The largest absolute Gasteiger partial charge is 0.465 e. The fourth-order valence-corrected chi connectivity index (χ4v) is 3.45. The molecule has 2 amide bonds. The molecule has 1 heterocycles. The van der Waals surface area contributed by atoms with Crippen LogP contribution in [0.3, 0.4) is 0 Å². The van der Waals surface area contributed by atoms with Gasteiger partial charge in [-0.15, -0.1) is 0 Å². The molecule has 1 atom stereocenters. The van der Waals surface area contributed by atoms with E-state index in [1.54, 1.807) is 6.92 Å². The molecule has 26 heavy (non-hydrogen) atoms. The molecule has 0 aromatic heterocycles. The monoisotopic (exact) mass is 380 g/mol. The van der Waals surface area contributed by atoms with Gasteiger partial charge in [-0.05, 0) is 44.8 Å². The van der Waals surface area contributed by atoms with Crippen LogP contribution in [0.4, 0.5) is 4.39 Å². The Morgan fingerprint density at radius 2 is 1.92 bits per heavy atom. The number of aliphatic imine (C=N–C) groups is 1. The van der Waals surface area contributed by atoms with E-state index in [1.807, 2.05) is 0 Å². The molecule has 0 spiro atoms. The molecule has 3 aliphatic rings. The topological polar surface area (TPSA) is 76.0 Å². The first kappa shape index (κ1) is 18.5. The number of amides is 2. The van der Waals surface area contributed by atoms with Crippen LogP contribution in [-0.2, 0) is 19.1 Å². The number of allylic oxidation sites excluding steroid dienone is 3. The minimum absolute atomic E-state index is 0.0161. The second kappa shape index (κ2) is 7.53. The predicted octanol–water partition coefficient (Wildman–Crippen LogP) is 2.59. The molecule has 8 heteroatoms. The van der Waals surface area contributed by atoms with Crippen LogP contribution >= 0.6 is 11.6 Å². The van der Waals surface area contributed by atoms with Crippen molar-refractivity contribution in [2.75, 3.05) is 13.2 Å². The van der Waals surface area contributed by atoms with Crippen molar-refractivity contribution in [3.63, 3.8) is 0 Å². The molecule has 3 rings (SSSR count). The molecule has 0 saturated heterocycles. The van der Waals surface area contributed by atoms with Gasteiger partial charge in [0.1, 0.15) is 6.54 Å². The van der Waals surface area contributed by atoms with Crippen molar-refractivity contribution < 1.29 is 23.5 Å². The summed E-state index contributed by atoms with van der Waals surface area (Å²) in [4.78, 5) is 41.6. The highest BCUT2D eigenvalue weighted by Gasteiger charge is 2.43. The maximum atomic E-state index is 14.5. The van der Waals surface area contributed by atoms with Gasteiger partial charge in [0.25, 0.3) is 11.8 Å². The van der Waals surface area contributed by atoms with Gasteiger partial charge in [-0.2, -0.15) is 0 Å². The van der Waals surface area contributed by atoms with E-state index >= 15 is 0 Å². The molecule has 0 fully saturated rings. The lowest BCUT2D eigenvalue weighted by molar-refractivity contribution is -0.141. The minimum Gasteiger partial charge on any atom is -0.465 e. The Labute approximate surface area is 155 Å². The van der Waals surface area contributed by atoms with Gasteiger partial charge in [0, 0.05) is 11.1 Å². The summed E-state index contributed by atoms with van der Waals surface area (Å²) in [6.07, 6.45) is 3.34. The van der Waals surface area contributed by atoms with E-state index in [2.05, 4.69) is 4.99 Å². The highest BCUT2D eigenvalue weighted by atomic mass is 35.5. The molecular weight excluding hydrogens is 363 g/mol. The Balaban J connectivity index is 1.88. The van der Waals surface area contributed by atoms with Crippen molar-refractivity contribution in [2.24, 2.45) is 4.99 Å². The third kappa shape index (κ3) is 3.35. The number of hydrogen-bond acceptors (Lipinski definition) is 5. The second-order valence-corrected chi connectivity index (χ2v) is 6.51. The van der Waals surface area contributed by atoms with E-state index in [-0.39, 0.29) is 29.6 Å². The van der Waals surface area contributed by atoms with Gasteiger partial charge in [-0.3, -0.25) is 19.4 Å². The van der Waals surface area contributed by atoms with Crippen molar-refractivity contribution in [2.45, 2.75) is 38.8 Å². The number of ether oxygens (including phenoxy) is 1. The maximum Gasteiger partial charge on any atom is 0.327 e. The van der Waals surface area contributed by atoms with Gasteiger partial charge in [0.05, 0.1) is 23.0 Å². The summed E-state index contributed by atoms with van der Waals surface area (Å²) in [5.74, 6) is -1.50. The Morgan fingerprint density at radius 1 is 1.31 bits per heavy atom. The number of carbonyl (C=O) groups excluding carboxylic acids is 3. The average molecular weight is 381 g/mol. The van der Waals surface area contributed by atoms with E-state index < -0.39 is 24.0 Å². The number of halogens is 2. The van der Waals surface area contributed by atoms with Gasteiger partial charge in [-0.25, -0.2) is 9.29 Å². The molecule has 6 nitrogen and oxygen atoms in total. The molecule has 2 aliphatic carbocycles. The minimum atomic E-state index is -1.71. The van der Waals surface area contributed by atoms with Gasteiger partial charge in [-0.1, -0.05) is 11.6 Å². The van der Waals surface area contributed by atoms with E-state index in [9.17, 15) is 18.8 Å². The standard InChI is InChI=1S/C18H18ClFN2O4/c1-2-26-16(23)9-21-14-8-15(13(20)7-12(14)19)22-17(24)10-5-3-4-6-11(10)18(22)25/h7-8,13H,2-6,9H2,1H3. The summed E-state index contributed by atoms with van der Waals surface area (Å²) in [6, 6.07) is 0. The lowest BCUT2D eigenvalue weighted by Gasteiger charge is -2.23. The first-order valence-electron chi connectivity index (χ1n) is 8.48. The molecule has 1 aliphatic heterocycles. The molecule has 0 N–H and O–H groups in total. The van der Waals surface area contributed by atoms with Crippen molar-refractivity contribution >= 4 is 35.1 Å². The zero-order valence-electron chi connectivity index (χ0n) is 14.3. The van der Waals surface area contributed by atoms with Crippen LogP contribution in [0.1, 0.15) is 32.6 Å². The third-order valence-corrected chi connectivity index (χ3v) is 4.76. The molecule has 0 aromatic rings. The molecule has 0 aromatic carbocycles. The first-order valence-corrected chi connectivity index (χ1v) is 8.86. The Bertz CT molecular complexity index is 769. The van der Waals surface area contributed by atoms with Gasteiger partial charge in [0.2, 0.25) is 0 Å². The van der Waals surface area contributed by atoms with Crippen molar-refractivity contribution in [1.82, 2.24) is 4.90 Å². The number of imide groups is 1. The van der Waals surface area contributed by atoms with Crippen LogP contribution in [0.2, 0.25) is 0 Å². The van der Waals surface area contributed by atoms with Crippen LogP contribution in [-0.4, -0.2) is 47.7 Å². The molecule has 0 saturated carbocycles.